The molecule has 4 heteroatoms. The van der Waals surface area contributed by atoms with Gasteiger partial charge in [-0.3, -0.25) is 4.99 Å². The van der Waals surface area contributed by atoms with Crippen LogP contribution in [0.5, 0.6) is 0 Å². The van der Waals surface area contributed by atoms with E-state index in [9.17, 15) is 0 Å². The Bertz CT molecular complexity index is 765. The number of nitrogens with zero attached hydrogens (tertiary/aromatic N) is 4. The third kappa shape index (κ3) is 4.42. The lowest BCUT2D eigenvalue weighted by atomic mass is 10.0. The molecule has 0 fully saturated rings. The number of hydrogen-bond acceptors (Lipinski definition) is 4. The van der Waals surface area contributed by atoms with Gasteiger partial charge in [0.1, 0.15) is 11.6 Å². The van der Waals surface area contributed by atoms with E-state index in [1.807, 2.05) is 26.0 Å². The highest BCUT2D eigenvalue weighted by Gasteiger charge is 2.05. The molecule has 23 heavy (non-hydrogen) atoms. The lowest BCUT2D eigenvalue weighted by Crippen LogP contribution is -2.02. The van der Waals surface area contributed by atoms with Gasteiger partial charge in [-0.25, -0.2) is 15.0 Å². The summed E-state index contributed by atoms with van der Waals surface area (Å²) in [5.74, 6) is 2.07. The molecule has 1 aromatic heterocycles. The highest BCUT2D eigenvalue weighted by Crippen LogP contribution is 2.19. The highest BCUT2D eigenvalue weighted by molar-refractivity contribution is 6.08. The fraction of sp³-hybridized carbons (Fsp3) is 0.263. The van der Waals surface area contributed by atoms with Crippen molar-refractivity contribution in [2.75, 3.05) is 7.05 Å². The van der Waals surface area contributed by atoms with E-state index in [0.29, 0.717) is 17.5 Å². The summed E-state index contributed by atoms with van der Waals surface area (Å²) in [6.45, 7) is 7.95. The fourth-order valence-corrected chi connectivity index (χ4v) is 2.38. The Morgan fingerprint density at radius 1 is 0.957 bits per heavy atom. The summed E-state index contributed by atoms with van der Waals surface area (Å²) in [7, 11) is 1.74. The van der Waals surface area contributed by atoms with Gasteiger partial charge in [-0.2, -0.15) is 0 Å². The zero-order chi connectivity index (χ0) is 16.8. The van der Waals surface area contributed by atoms with E-state index >= 15 is 0 Å². The second kappa shape index (κ2) is 7.58. The highest BCUT2D eigenvalue weighted by atomic mass is 15.0. The topological polar surface area (TPSA) is 51.0 Å². The number of hydrogen-bond donors (Lipinski definition) is 0. The van der Waals surface area contributed by atoms with Crippen LogP contribution in [0, 0.1) is 20.8 Å². The average Bonchev–Trinajstić information content (AvgIpc) is 2.50. The van der Waals surface area contributed by atoms with Gasteiger partial charge in [0.25, 0.3) is 0 Å². The van der Waals surface area contributed by atoms with Crippen molar-refractivity contribution >= 4 is 17.4 Å². The van der Waals surface area contributed by atoms with Crippen LogP contribution in [0.25, 0.3) is 11.1 Å². The first-order valence-corrected chi connectivity index (χ1v) is 7.57. The first-order chi connectivity index (χ1) is 11.0. The summed E-state index contributed by atoms with van der Waals surface area (Å²) in [6, 6.07) is 8.34. The van der Waals surface area contributed by atoms with Crippen molar-refractivity contribution in [1.82, 2.24) is 15.0 Å². The van der Waals surface area contributed by atoms with E-state index in [4.69, 9.17) is 0 Å². The Hall–Kier alpha value is -2.62. The van der Waals surface area contributed by atoms with E-state index < -0.39 is 0 Å². The standard InChI is InChI=1S/C19H22N4/c1-13-8-6-7-9-18(13)14(2)10-11-17(12-20-5)19-22-15(3)21-16(4)23-19/h6-12H,1-5H3/b14-10+,17-11+,20-12?. The van der Waals surface area contributed by atoms with E-state index in [-0.39, 0.29) is 0 Å². The van der Waals surface area contributed by atoms with Crippen molar-refractivity contribution in [3.05, 3.63) is 65.0 Å². The number of allylic oxidation sites excluding steroid dienone is 4. The molecule has 1 aromatic carbocycles. The first kappa shape index (κ1) is 16.7. The molecule has 1 heterocycles. The molecule has 0 saturated heterocycles. The Balaban J connectivity index is 2.43. The van der Waals surface area contributed by atoms with Crippen LogP contribution in [0.1, 0.15) is 35.5 Å². The van der Waals surface area contributed by atoms with Crippen LogP contribution in [-0.4, -0.2) is 28.2 Å². The molecule has 0 N–H and O–H groups in total. The Kier molecular flexibility index (Phi) is 5.52. The number of benzene rings is 1. The Labute approximate surface area is 137 Å². The molecule has 0 radical (unpaired) electrons. The summed E-state index contributed by atoms with van der Waals surface area (Å²) >= 11 is 0. The third-order valence-electron chi connectivity index (χ3n) is 3.47. The summed E-state index contributed by atoms with van der Waals surface area (Å²) < 4.78 is 0. The normalized spacial score (nSPS) is 12.9. The van der Waals surface area contributed by atoms with Gasteiger partial charge >= 0.3 is 0 Å². The van der Waals surface area contributed by atoms with E-state index in [1.54, 1.807) is 13.3 Å². The molecule has 118 valence electrons. The summed E-state index contributed by atoms with van der Waals surface area (Å²) in [5.41, 5.74) is 4.55. The molecule has 0 aliphatic rings. The van der Waals surface area contributed by atoms with Crippen LogP contribution in [0.2, 0.25) is 0 Å². The first-order valence-electron chi connectivity index (χ1n) is 7.57. The molecule has 0 bridgehead atoms. The Morgan fingerprint density at radius 3 is 2.22 bits per heavy atom. The maximum Gasteiger partial charge on any atom is 0.164 e. The van der Waals surface area contributed by atoms with Gasteiger partial charge in [-0.05, 0) is 50.5 Å². The molecule has 0 saturated carbocycles. The van der Waals surface area contributed by atoms with Gasteiger partial charge in [0.05, 0.1) is 0 Å². The van der Waals surface area contributed by atoms with Gasteiger partial charge < -0.3 is 0 Å². The van der Waals surface area contributed by atoms with Crippen molar-refractivity contribution < 1.29 is 0 Å². The molecule has 0 aliphatic carbocycles. The molecule has 0 aliphatic heterocycles. The van der Waals surface area contributed by atoms with Crippen molar-refractivity contribution in [2.24, 2.45) is 4.99 Å². The molecular formula is C19H22N4. The van der Waals surface area contributed by atoms with Gasteiger partial charge in [0, 0.05) is 18.8 Å². The second-order valence-corrected chi connectivity index (χ2v) is 5.43. The lowest BCUT2D eigenvalue weighted by Gasteiger charge is -2.05. The molecule has 2 aromatic rings. The zero-order valence-corrected chi connectivity index (χ0v) is 14.3. The maximum absolute atomic E-state index is 4.41. The minimum Gasteiger partial charge on any atom is -0.296 e. The van der Waals surface area contributed by atoms with Crippen LogP contribution in [-0.2, 0) is 0 Å². The van der Waals surface area contributed by atoms with E-state index in [2.05, 4.69) is 58.1 Å². The van der Waals surface area contributed by atoms with Crippen molar-refractivity contribution in [3.63, 3.8) is 0 Å². The minimum atomic E-state index is 0.648. The van der Waals surface area contributed by atoms with Crippen molar-refractivity contribution in [1.29, 1.82) is 0 Å². The molecular weight excluding hydrogens is 284 g/mol. The summed E-state index contributed by atoms with van der Waals surface area (Å²) in [6.07, 6.45) is 5.85. The van der Waals surface area contributed by atoms with Crippen LogP contribution in [0.15, 0.2) is 41.4 Å². The minimum absolute atomic E-state index is 0.648. The zero-order valence-electron chi connectivity index (χ0n) is 14.3. The summed E-state index contributed by atoms with van der Waals surface area (Å²) in [5, 5.41) is 0. The van der Waals surface area contributed by atoms with E-state index in [0.717, 1.165) is 5.57 Å². The predicted octanol–water partition coefficient (Wildman–Crippen LogP) is 3.98. The molecule has 0 amide bonds. The lowest BCUT2D eigenvalue weighted by molar-refractivity contribution is 0.904. The maximum atomic E-state index is 4.41. The van der Waals surface area contributed by atoms with Crippen molar-refractivity contribution in [2.45, 2.75) is 27.7 Å². The number of aliphatic imine (C=N–C) groups is 1. The van der Waals surface area contributed by atoms with Crippen LogP contribution in [0.3, 0.4) is 0 Å². The van der Waals surface area contributed by atoms with Crippen LogP contribution >= 0.6 is 0 Å². The molecule has 4 nitrogen and oxygen atoms in total. The average molecular weight is 306 g/mol. The fourth-order valence-electron chi connectivity index (χ4n) is 2.38. The quantitative estimate of drug-likeness (QED) is 0.634. The van der Waals surface area contributed by atoms with Gasteiger partial charge in [-0.1, -0.05) is 30.3 Å². The molecule has 0 spiro atoms. The number of aromatic nitrogens is 3. The third-order valence-corrected chi connectivity index (χ3v) is 3.47. The summed E-state index contributed by atoms with van der Waals surface area (Å²) in [4.78, 5) is 17.2. The molecule has 0 unspecified atom stereocenters. The second-order valence-electron chi connectivity index (χ2n) is 5.43. The van der Waals surface area contributed by atoms with Gasteiger partial charge in [0.2, 0.25) is 0 Å². The van der Waals surface area contributed by atoms with Crippen molar-refractivity contribution in [3.8, 4) is 0 Å². The predicted molar refractivity (Wildman–Crippen MR) is 96.5 cm³/mol. The number of rotatable bonds is 4. The van der Waals surface area contributed by atoms with E-state index in [1.165, 1.54) is 16.7 Å². The van der Waals surface area contributed by atoms with Gasteiger partial charge in [0.15, 0.2) is 5.82 Å². The van der Waals surface area contributed by atoms with Gasteiger partial charge in [-0.15, -0.1) is 0 Å². The smallest absolute Gasteiger partial charge is 0.164 e. The molecule has 2 rings (SSSR count). The Morgan fingerprint density at radius 2 is 1.61 bits per heavy atom. The van der Waals surface area contributed by atoms with Crippen LogP contribution in [0.4, 0.5) is 0 Å². The SMILES string of the molecule is CN=C/C(=C\C=C(/C)c1ccccc1C)c1nc(C)nc(C)n1. The molecule has 0 atom stereocenters. The largest absolute Gasteiger partial charge is 0.296 e. The monoisotopic (exact) mass is 306 g/mol. The number of aryl methyl sites for hydroxylation is 3. The van der Waals surface area contributed by atoms with Crippen LogP contribution < -0.4 is 0 Å².